The molecular formula is C23H29NO2. The zero-order valence-electron chi connectivity index (χ0n) is 16.2. The van der Waals surface area contributed by atoms with Crippen molar-refractivity contribution in [2.75, 3.05) is 18.6 Å². The van der Waals surface area contributed by atoms with E-state index in [1.165, 1.54) is 11.1 Å². The predicted molar refractivity (Wildman–Crippen MR) is 107 cm³/mol. The van der Waals surface area contributed by atoms with E-state index in [1.54, 1.807) is 7.11 Å². The number of carbonyl (C=O) groups is 1. The molecule has 0 unspecified atom stereocenters. The van der Waals surface area contributed by atoms with Crippen LogP contribution in [0.25, 0.3) is 0 Å². The van der Waals surface area contributed by atoms with E-state index in [-0.39, 0.29) is 23.3 Å². The van der Waals surface area contributed by atoms with Gasteiger partial charge < -0.3 is 9.64 Å². The summed E-state index contributed by atoms with van der Waals surface area (Å²) >= 11 is 0. The number of benzene rings is 2. The molecule has 138 valence electrons. The van der Waals surface area contributed by atoms with Gasteiger partial charge in [-0.15, -0.1) is 0 Å². The normalized spacial score (nSPS) is 20.6. The molecule has 2 atom stereocenters. The van der Waals surface area contributed by atoms with Crippen molar-refractivity contribution in [2.45, 2.75) is 45.1 Å². The molecule has 0 spiro atoms. The number of hydrogen-bond donors (Lipinski definition) is 0. The third kappa shape index (κ3) is 3.83. The molecule has 1 aliphatic heterocycles. The number of anilines is 1. The van der Waals surface area contributed by atoms with Crippen LogP contribution >= 0.6 is 0 Å². The fourth-order valence-corrected chi connectivity index (χ4v) is 3.95. The van der Waals surface area contributed by atoms with Crippen LogP contribution in [-0.2, 0) is 21.4 Å². The van der Waals surface area contributed by atoms with E-state index in [0.717, 1.165) is 18.5 Å². The number of carbonyl (C=O) groups excluding carboxylic acids is 1. The van der Waals surface area contributed by atoms with Crippen LogP contribution < -0.4 is 4.90 Å². The lowest BCUT2D eigenvalue weighted by molar-refractivity contribution is -0.120. The number of nitrogens with zero attached hydrogens (tertiary/aromatic N) is 1. The van der Waals surface area contributed by atoms with Gasteiger partial charge in [0.15, 0.2) is 0 Å². The van der Waals surface area contributed by atoms with Crippen LogP contribution in [0.2, 0.25) is 0 Å². The van der Waals surface area contributed by atoms with Crippen LogP contribution in [0.3, 0.4) is 0 Å². The highest BCUT2D eigenvalue weighted by molar-refractivity contribution is 5.99. The van der Waals surface area contributed by atoms with Crippen molar-refractivity contribution in [3.8, 4) is 0 Å². The van der Waals surface area contributed by atoms with Gasteiger partial charge in [-0.05, 0) is 35.4 Å². The second kappa shape index (κ2) is 7.63. The molecule has 0 bridgehead atoms. The number of amides is 1. The first-order valence-electron chi connectivity index (χ1n) is 9.37. The molecular weight excluding hydrogens is 322 g/mol. The van der Waals surface area contributed by atoms with Crippen LogP contribution in [-0.4, -0.2) is 25.7 Å². The lowest BCUT2D eigenvalue weighted by Crippen LogP contribution is -2.38. The molecule has 1 aliphatic rings. The second-order valence-electron chi connectivity index (χ2n) is 8.21. The minimum absolute atomic E-state index is 0.00516. The highest BCUT2D eigenvalue weighted by Crippen LogP contribution is 2.38. The summed E-state index contributed by atoms with van der Waals surface area (Å²) in [7, 11) is 1.71. The number of hydrogen-bond acceptors (Lipinski definition) is 2. The maximum atomic E-state index is 13.3. The third-order valence-electron chi connectivity index (χ3n) is 5.16. The molecule has 0 aliphatic carbocycles. The first-order chi connectivity index (χ1) is 12.4. The van der Waals surface area contributed by atoms with Crippen molar-refractivity contribution < 1.29 is 9.53 Å². The topological polar surface area (TPSA) is 29.5 Å². The molecule has 1 fully saturated rings. The number of rotatable bonds is 5. The first kappa shape index (κ1) is 18.7. The Labute approximate surface area is 157 Å². The quantitative estimate of drug-likeness (QED) is 0.788. The Kier molecular flexibility index (Phi) is 5.47. The molecule has 3 rings (SSSR count). The largest absolute Gasteiger partial charge is 0.383 e. The van der Waals surface area contributed by atoms with Crippen molar-refractivity contribution in [3.63, 3.8) is 0 Å². The molecule has 1 saturated heterocycles. The maximum absolute atomic E-state index is 13.3. The van der Waals surface area contributed by atoms with E-state index < -0.39 is 0 Å². The maximum Gasteiger partial charge on any atom is 0.230 e. The minimum atomic E-state index is -0.0218. The zero-order chi connectivity index (χ0) is 18.7. The number of ether oxygens (including phenoxy) is 1. The van der Waals surface area contributed by atoms with Crippen LogP contribution in [0, 0.1) is 5.92 Å². The van der Waals surface area contributed by atoms with Crippen LogP contribution in [0.15, 0.2) is 54.6 Å². The van der Waals surface area contributed by atoms with Crippen molar-refractivity contribution in [2.24, 2.45) is 5.92 Å². The third-order valence-corrected chi connectivity index (χ3v) is 5.16. The molecule has 2 aromatic rings. The van der Waals surface area contributed by atoms with Gasteiger partial charge in [0.25, 0.3) is 0 Å². The van der Waals surface area contributed by atoms with Gasteiger partial charge in [0.2, 0.25) is 5.91 Å². The van der Waals surface area contributed by atoms with Crippen molar-refractivity contribution in [1.29, 1.82) is 0 Å². The average Bonchev–Trinajstić information content (AvgIpc) is 2.91. The highest BCUT2D eigenvalue weighted by Gasteiger charge is 2.41. The Morgan fingerprint density at radius 2 is 1.69 bits per heavy atom. The smallest absolute Gasteiger partial charge is 0.230 e. The monoisotopic (exact) mass is 351 g/mol. The van der Waals surface area contributed by atoms with Gasteiger partial charge in [-0.2, -0.15) is 0 Å². The SMILES string of the molecule is COC[C@H]1C[C@H](Cc2ccccc2)C(=O)N1c1ccccc1C(C)(C)C. The Bertz CT molecular complexity index is 748. The summed E-state index contributed by atoms with van der Waals surface area (Å²) in [6.45, 7) is 7.15. The summed E-state index contributed by atoms with van der Waals surface area (Å²) in [6, 6.07) is 18.7. The molecule has 3 nitrogen and oxygen atoms in total. The van der Waals surface area contributed by atoms with Gasteiger partial charge in [0.05, 0.1) is 12.6 Å². The molecule has 2 aromatic carbocycles. The lowest BCUT2D eigenvalue weighted by Gasteiger charge is -2.31. The summed E-state index contributed by atoms with van der Waals surface area (Å²) in [4.78, 5) is 15.3. The molecule has 1 heterocycles. The number of para-hydroxylation sites is 1. The van der Waals surface area contributed by atoms with Crippen LogP contribution in [0.1, 0.15) is 38.3 Å². The van der Waals surface area contributed by atoms with E-state index in [1.807, 2.05) is 29.2 Å². The predicted octanol–water partition coefficient (Wildman–Crippen LogP) is 4.59. The van der Waals surface area contributed by atoms with Crippen LogP contribution in [0.5, 0.6) is 0 Å². The van der Waals surface area contributed by atoms with Crippen LogP contribution in [0.4, 0.5) is 5.69 Å². The Morgan fingerprint density at radius 1 is 1.04 bits per heavy atom. The molecule has 26 heavy (non-hydrogen) atoms. The van der Waals surface area contributed by atoms with Gasteiger partial charge in [-0.1, -0.05) is 69.3 Å². The minimum Gasteiger partial charge on any atom is -0.383 e. The van der Waals surface area contributed by atoms with Crippen molar-refractivity contribution >= 4 is 11.6 Å². The molecule has 0 radical (unpaired) electrons. The van der Waals surface area contributed by atoms with E-state index >= 15 is 0 Å². The fraction of sp³-hybridized carbons (Fsp3) is 0.435. The number of methoxy groups -OCH3 is 1. The highest BCUT2D eigenvalue weighted by atomic mass is 16.5. The summed E-state index contributed by atoms with van der Waals surface area (Å²) in [5, 5.41) is 0. The fourth-order valence-electron chi connectivity index (χ4n) is 3.95. The standard InChI is InChI=1S/C23H29NO2/c1-23(2,3)20-12-8-9-13-21(20)24-19(16-26-4)15-18(22(24)25)14-17-10-6-5-7-11-17/h5-13,18-19H,14-16H2,1-4H3/t18-,19+/m0/s1. The Morgan fingerprint density at radius 3 is 2.35 bits per heavy atom. The molecule has 0 N–H and O–H groups in total. The molecule has 0 saturated carbocycles. The second-order valence-corrected chi connectivity index (χ2v) is 8.21. The summed E-state index contributed by atoms with van der Waals surface area (Å²) in [5.41, 5.74) is 3.43. The van der Waals surface area contributed by atoms with Gasteiger partial charge in [0.1, 0.15) is 0 Å². The van der Waals surface area contributed by atoms with E-state index in [4.69, 9.17) is 4.74 Å². The van der Waals surface area contributed by atoms with E-state index in [2.05, 4.69) is 51.1 Å². The summed E-state index contributed by atoms with van der Waals surface area (Å²) in [5.74, 6) is 0.221. The van der Waals surface area contributed by atoms with Crippen molar-refractivity contribution in [1.82, 2.24) is 0 Å². The van der Waals surface area contributed by atoms with Gasteiger partial charge in [-0.25, -0.2) is 0 Å². The molecule has 0 aromatic heterocycles. The summed E-state index contributed by atoms with van der Waals surface area (Å²) < 4.78 is 5.46. The first-order valence-corrected chi connectivity index (χ1v) is 9.37. The zero-order valence-corrected chi connectivity index (χ0v) is 16.2. The van der Waals surface area contributed by atoms with E-state index in [0.29, 0.717) is 6.61 Å². The Hall–Kier alpha value is -2.13. The van der Waals surface area contributed by atoms with Gasteiger partial charge in [0, 0.05) is 18.7 Å². The lowest BCUT2D eigenvalue weighted by atomic mass is 9.85. The Balaban J connectivity index is 1.94. The van der Waals surface area contributed by atoms with Crippen molar-refractivity contribution in [3.05, 3.63) is 65.7 Å². The average molecular weight is 351 g/mol. The van der Waals surface area contributed by atoms with Gasteiger partial charge in [-0.3, -0.25) is 4.79 Å². The van der Waals surface area contributed by atoms with E-state index in [9.17, 15) is 4.79 Å². The molecule has 3 heteroatoms. The molecule has 1 amide bonds. The van der Waals surface area contributed by atoms with Gasteiger partial charge >= 0.3 is 0 Å². The summed E-state index contributed by atoms with van der Waals surface area (Å²) in [6.07, 6.45) is 1.62.